The molecule has 6 nitrogen and oxygen atoms in total. The van der Waals surface area contributed by atoms with Crippen LogP contribution < -0.4 is 4.74 Å². The third-order valence-electron chi connectivity index (χ3n) is 4.78. The average Bonchev–Trinajstić information content (AvgIpc) is 2.97. The van der Waals surface area contributed by atoms with Crippen molar-refractivity contribution in [2.75, 3.05) is 39.8 Å². The molecule has 1 amide bonds. The van der Waals surface area contributed by atoms with Gasteiger partial charge in [0.15, 0.2) is 0 Å². The summed E-state index contributed by atoms with van der Waals surface area (Å²) < 4.78 is 7.35. The maximum Gasteiger partial charge on any atom is 0.257 e. The van der Waals surface area contributed by atoms with Crippen molar-refractivity contribution >= 4 is 17.5 Å². The highest BCUT2D eigenvalue weighted by Crippen LogP contribution is 2.24. The fourth-order valence-corrected chi connectivity index (χ4v) is 3.50. The van der Waals surface area contributed by atoms with E-state index in [1.807, 2.05) is 16.5 Å². The van der Waals surface area contributed by atoms with E-state index in [1.54, 1.807) is 25.3 Å². The molecule has 1 aromatic heterocycles. The van der Waals surface area contributed by atoms with E-state index in [0.29, 0.717) is 29.4 Å². The van der Waals surface area contributed by atoms with E-state index < -0.39 is 0 Å². The Morgan fingerprint density at radius 1 is 1.15 bits per heavy atom. The van der Waals surface area contributed by atoms with Crippen LogP contribution in [0.2, 0.25) is 5.02 Å². The SMILES string of the molecule is COc1ccc(Cl)cc1C(=O)N1CCN(CCn2nc(C)cc2C)CC1. The summed E-state index contributed by atoms with van der Waals surface area (Å²) in [6.45, 7) is 9.01. The summed E-state index contributed by atoms with van der Waals surface area (Å²) in [5.74, 6) is 0.536. The summed E-state index contributed by atoms with van der Waals surface area (Å²) in [6, 6.07) is 7.24. The third-order valence-corrected chi connectivity index (χ3v) is 5.02. The highest BCUT2D eigenvalue weighted by molar-refractivity contribution is 6.31. The molecule has 140 valence electrons. The second-order valence-electron chi connectivity index (χ2n) is 6.63. The normalized spacial score (nSPS) is 15.3. The minimum Gasteiger partial charge on any atom is -0.496 e. The van der Waals surface area contributed by atoms with Crippen LogP contribution >= 0.6 is 11.6 Å². The van der Waals surface area contributed by atoms with Crippen LogP contribution in [0.3, 0.4) is 0 Å². The molecule has 2 aromatic rings. The first-order chi connectivity index (χ1) is 12.5. The molecule has 0 bridgehead atoms. The van der Waals surface area contributed by atoms with Crippen molar-refractivity contribution in [3.05, 3.63) is 46.2 Å². The minimum atomic E-state index is -0.0254. The summed E-state index contributed by atoms with van der Waals surface area (Å²) in [4.78, 5) is 17.1. The van der Waals surface area contributed by atoms with Crippen molar-refractivity contribution in [3.63, 3.8) is 0 Å². The van der Waals surface area contributed by atoms with Crippen LogP contribution in [0.25, 0.3) is 0 Å². The minimum absolute atomic E-state index is 0.0254. The first-order valence-corrected chi connectivity index (χ1v) is 9.22. The molecule has 1 saturated heterocycles. The lowest BCUT2D eigenvalue weighted by atomic mass is 10.1. The Balaban J connectivity index is 1.56. The van der Waals surface area contributed by atoms with Crippen molar-refractivity contribution < 1.29 is 9.53 Å². The van der Waals surface area contributed by atoms with E-state index in [1.165, 1.54) is 5.69 Å². The summed E-state index contributed by atoms with van der Waals surface area (Å²) in [7, 11) is 1.57. The molecule has 7 heteroatoms. The maximum atomic E-state index is 12.8. The number of carbonyl (C=O) groups is 1. The molecule has 26 heavy (non-hydrogen) atoms. The van der Waals surface area contributed by atoms with Crippen LogP contribution in [0.1, 0.15) is 21.7 Å². The molecular weight excluding hydrogens is 352 g/mol. The summed E-state index contributed by atoms with van der Waals surface area (Å²) in [5, 5.41) is 5.04. The Kier molecular flexibility index (Phi) is 5.84. The Morgan fingerprint density at radius 2 is 1.88 bits per heavy atom. The quantitative estimate of drug-likeness (QED) is 0.805. The Labute approximate surface area is 159 Å². The van der Waals surface area contributed by atoms with Gasteiger partial charge < -0.3 is 9.64 Å². The number of methoxy groups -OCH3 is 1. The number of aryl methyl sites for hydroxylation is 2. The zero-order chi connectivity index (χ0) is 18.7. The number of hydrogen-bond donors (Lipinski definition) is 0. The average molecular weight is 377 g/mol. The standard InChI is InChI=1S/C19H25ClN4O2/c1-14-12-15(2)24(21-14)11-8-22-6-9-23(10-7-22)19(25)17-13-16(20)4-5-18(17)26-3/h4-5,12-13H,6-11H2,1-3H3. The van der Waals surface area contributed by atoms with Gasteiger partial charge in [-0.15, -0.1) is 0 Å². The van der Waals surface area contributed by atoms with E-state index >= 15 is 0 Å². The van der Waals surface area contributed by atoms with Crippen molar-refractivity contribution in [3.8, 4) is 5.75 Å². The van der Waals surface area contributed by atoms with E-state index in [-0.39, 0.29) is 5.91 Å². The largest absolute Gasteiger partial charge is 0.496 e. The van der Waals surface area contributed by atoms with Gasteiger partial charge in [-0.2, -0.15) is 5.10 Å². The number of amides is 1. The van der Waals surface area contributed by atoms with Crippen molar-refractivity contribution in [2.24, 2.45) is 0 Å². The molecule has 3 rings (SSSR count). The first kappa shape index (κ1) is 18.7. The van der Waals surface area contributed by atoms with Gasteiger partial charge in [0.1, 0.15) is 5.75 Å². The molecule has 1 fully saturated rings. The predicted molar refractivity (Wildman–Crippen MR) is 102 cm³/mol. The summed E-state index contributed by atoms with van der Waals surface area (Å²) in [6.07, 6.45) is 0. The number of aromatic nitrogens is 2. The predicted octanol–water partition coefficient (Wildman–Crippen LogP) is 2.62. The molecule has 0 N–H and O–H groups in total. The number of piperazine rings is 1. The summed E-state index contributed by atoms with van der Waals surface area (Å²) in [5.41, 5.74) is 2.76. The number of rotatable bonds is 5. The number of ether oxygens (including phenoxy) is 1. The van der Waals surface area contributed by atoms with Crippen LogP contribution in [0.15, 0.2) is 24.3 Å². The fourth-order valence-electron chi connectivity index (χ4n) is 3.33. The highest BCUT2D eigenvalue weighted by Gasteiger charge is 2.24. The van der Waals surface area contributed by atoms with Gasteiger partial charge in [-0.05, 0) is 38.1 Å². The zero-order valence-electron chi connectivity index (χ0n) is 15.5. The first-order valence-electron chi connectivity index (χ1n) is 8.84. The molecule has 2 heterocycles. The lowest BCUT2D eigenvalue weighted by molar-refractivity contribution is 0.0628. The van der Waals surface area contributed by atoms with Gasteiger partial charge in [-0.1, -0.05) is 11.6 Å². The third kappa shape index (κ3) is 4.19. The molecule has 0 aliphatic carbocycles. The van der Waals surface area contributed by atoms with E-state index in [9.17, 15) is 4.79 Å². The summed E-state index contributed by atoms with van der Waals surface area (Å²) >= 11 is 6.05. The number of hydrogen-bond acceptors (Lipinski definition) is 4. The molecule has 0 atom stereocenters. The number of halogens is 1. The van der Waals surface area contributed by atoms with E-state index in [4.69, 9.17) is 16.3 Å². The topological polar surface area (TPSA) is 50.6 Å². The van der Waals surface area contributed by atoms with Crippen LogP contribution in [0, 0.1) is 13.8 Å². The Bertz CT molecular complexity index is 782. The lowest BCUT2D eigenvalue weighted by Gasteiger charge is -2.35. The zero-order valence-corrected chi connectivity index (χ0v) is 16.3. The monoisotopic (exact) mass is 376 g/mol. The molecular formula is C19H25ClN4O2. The van der Waals surface area contributed by atoms with Crippen molar-refractivity contribution in [1.82, 2.24) is 19.6 Å². The van der Waals surface area contributed by atoms with Gasteiger partial charge in [-0.25, -0.2) is 0 Å². The molecule has 1 aliphatic rings. The van der Waals surface area contributed by atoms with Crippen LogP contribution in [0.4, 0.5) is 0 Å². The molecule has 0 radical (unpaired) electrons. The number of carbonyl (C=O) groups excluding carboxylic acids is 1. The molecule has 1 aromatic carbocycles. The second-order valence-corrected chi connectivity index (χ2v) is 7.07. The Morgan fingerprint density at radius 3 is 2.50 bits per heavy atom. The fraction of sp³-hybridized carbons (Fsp3) is 0.474. The van der Waals surface area contributed by atoms with E-state index in [0.717, 1.165) is 31.9 Å². The Hall–Kier alpha value is -2.05. The van der Waals surface area contributed by atoms with Crippen LogP contribution in [0.5, 0.6) is 5.75 Å². The van der Waals surface area contributed by atoms with E-state index in [2.05, 4.69) is 23.0 Å². The number of benzene rings is 1. The second kappa shape index (κ2) is 8.10. The molecule has 0 spiro atoms. The van der Waals surface area contributed by atoms with Gasteiger partial charge in [0.05, 0.1) is 24.9 Å². The lowest BCUT2D eigenvalue weighted by Crippen LogP contribution is -2.49. The molecule has 0 saturated carbocycles. The van der Waals surface area contributed by atoms with Gasteiger partial charge in [0.25, 0.3) is 5.91 Å². The highest BCUT2D eigenvalue weighted by atomic mass is 35.5. The van der Waals surface area contributed by atoms with Crippen LogP contribution in [-0.2, 0) is 6.54 Å². The van der Waals surface area contributed by atoms with Crippen molar-refractivity contribution in [1.29, 1.82) is 0 Å². The van der Waals surface area contributed by atoms with Crippen LogP contribution in [-0.4, -0.2) is 65.3 Å². The van der Waals surface area contributed by atoms with Gasteiger partial charge in [0, 0.05) is 43.4 Å². The van der Waals surface area contributed by atoms with Crippen molar-refractivity contribution in [2.45, 2.75) is 20.4 Å². The number of nitrogens with zero attached hydrogens (tertiary/aromatic N) is 4. The smallest absolute Gasteiger partial charge is 0.257 e. The molecule has 0 unspecified atom stereocenters. The maximum absolute atomic E-state index is 12.8. The molecule has 1 aliphatic heterocycles. The van der Waals surface area contributed by atoms with Gasteiger partial charge in [-0.3, -0.25) is 14.4 Å². The van der Waals surface area contributed by atoms with Gasteiger partial charge in [0.2, 0.25) is 0 Å². The van der Waals surface area contributed by atoms with Gasteiger partial charge >= 0.3 is 0 Å².